The van der Waals surface area contributed by atoms with Crippen LogP contribution in [0.15, 0.2) is 18.2 Å². The largest absolute Gasteiger partial charge is 0.330 e. The lowest BCUT2D eigenvalue weighted by Crippen LogP contribution is -2.25. The molecule has 1 unspecified atom stereocenters. The van der Waals surface area contributed by atoms with E-state index in [9.17, 15) is 4.39 Å². The molecule has 0 aliphatic heterocycles. The van der Waals surface area contributed by atoms with Crippen LogP contribution in [0.3, 0.4) is 0 Å². The van der Waals surface area contributed by atoms with Crippen LogP contribution in [0.25, 0.3) is 0 Å². The van der Waals surface area contributed by atoms with Crippen molar-refractivity contribution in [3.8, 4) is 0 Å². The lowest BCUT2D eigenvalue weighted by molar-refractivity contribution is 0.431. The van der Waals surface area contributed by atoms with Gasteiger partial charge in [-0.25, -0.2) is 4.39 Å². The highest BCUT2D eigenvalue weighted by atomic mass is 19.1. The van der Waals surface area contributed by atoms with Gasteiger partial charge in [0.25, 0.3) is 0 Å². The Morgan fingerprint density at radius 2 is 1.88 bits per heavy atom. The first-order chi connectivity index (χ1) is 8.12. The van der Waals surface area contributed by atoms with E-state index in [-0.39, 0.29) is 17.7 Å². The van der Waals surface area contributed by atoms with Gasteiger partial charge in [0.1, 0.15) is 5.82 Å². The van der Waals surface area contributed by atoms with Gasteiger partial charge in [0.05, 0.1) is 0 Å². The Balaban J connectivity index is 2.85. The Morgan fingerprint density at radius 3 is 2.35 bits per heavy atom. The molecule has 0 aliphatic carbocycles. The van der Waals surface area contributed by atoms with Crippen LogP contribution in [0.2, 0.25) is 0 Å². The summed E-state index contributed by atoms with van der Waals surface area (Å²) in [7, 11) is 0. The van der Waals surface area contributed by atoms with E-state index in [4.69, 9.17) is 11.5 Å². The van der Waals surface area contributed by atoms with Gasteiger partial charge >= 0.3 is 0 Å². The number of hydrogen-bond donors (Lipinski definition) is 2. The van der Waals surface area contributed by atoms with Gasteiger partial charge in [-0.3, -0.25) is 0 Å². The third-order valence-electron chi connectivity index (χ3n) is 3.37. The van der Waals surface area contributed by atoms with Crippen molar-refractivity contribution >= 4 is 0 Å². The topological polar surface area (TPSA) is 52.0 Å². The Morgan fingerprint density at radius 1 is 1.24 bits per heavy atom. The molecule has 0 fully saturated rings. The van der Waals surface area contributed by atoms with Gasteiger partial charge in [0, 0.05) is 0 Å². The first kappa shape index (κ1) is 14.1. The first-order valence-corrected chi connectivity index (χ1v) is 6.28. The number of aryl methyl sites for hydroxylation is 1. The standard InChI is InChI=1S/C14H23FN2/c1-3-12(7-11(8-16)9-17)13-5-4-10(2)6-14(13)15/h4-6,11-12H,3,7-9,16-17H2,1-2H3. The van der Waals surface area contributed by atoms with E-state index in [0.29, 0.717) is 13.1 Å². The maximum Gasteiger partial charge on any atom is 0.126 e. The minimum atomic E-state index is -0.107. The molecule has 4 N–H and O–H groups in total. The van der Waals surface area contributed by atoms with Crippen LogP contribution in [-0.4, -0.2) is 13.1 Å². The van der Waals surface area contributed by atoms with Crippen molar-refractivity contribution in [3.63, 3.8) is 0 Å². The lowest BCUT2D eigenvalue weighted by atomic mass is 9.86. The number of rotatable bonds is 6. The fraction of sp³-hybridized carbons (Fsp3) is 0.571. The number of halogens is 1. The van der Waals surface area contributed by atoms with Crippen molar-refractivity contribution in [2.24, 2.45) is 17.4 Å². The van der Waals surface area contributed by atoms with Gasteiger partial charge in [-0.05, 0) is 61.9 Å². The second-order valence-corrected chi connectivity index (χ2v) is 4.70. The van der Waals surface area contributed by atoms with Crippen LogP contribution < -0.4 is 11.5 Å². The second-order valence-electron chi connectivity index (χ2n) is 4.70. The summed E-state index contributed by atoms with van der Waals surface area (Å²) in [6.07, 6.45) is 1.78. The smallest absolute Gasteiger partial charge is 0.126 e. The zero-order valence-electron chi connectivity index (χ0n) is 10.7. The Kier molecular flexibility index (Phi) is 5.59. The van der Waals surface area contributed by atoms with Crippen LogP contribution in [0.5, 0.6) is 0 Å². The number of benzene rings is 1. The molecule has 3 heteroatoms. The summed E-state index contributed by atoms with van der Waals surface area (Å²) in [5.74, 6) is 0.387. The predicted molar refractivity (Wildman–Crippen MR) is 70.4 cm³/mol. The van der Waals surface area contributed by atoms with E-state index in [1.165, 1.54) is 0 Å². The van der Waals surface area contributed by atoms with E-state index in [0.717, 1.165) is 24.0 Å². The van der Waals surface area contributed by atoms with E-state index in [1.807, 2.05) is 19.1 Å². The molecule has 0 bridgehead atoms. The maximum absolute atomic E-state index is 13.9. The summed E-state index contributed by atoms with van der Waals surface area (Å²) < 4.78 is 13.9. The average Bonchev–Trinajstić information content (AvgIpc) is 2.32. The van der Waals surface area contributed by atoms with Crippen molar-refractivity contribution in [2.75, 3.05) is 13.1 Å². The Labute approximate surface area is 103 Å². The highest BCUT2D eigenvalue weighted by Crippen LogP contribution is 2.29. The van der Waals surface area contributed by atoms with Gasteiger partial charge in [-0.15, -0.1) is 0 Å². The van der Waals surface area contributed by atoms with Gasteiger partial charge in [0.2, 0.25) is 0 Å². The summed E-state index contributed by atoms with van der Waals surface area (Å²) >= 11 is 0. The first-order valence-electron chi connectivity index (χ1n) is 6.28. The van der Waals surface area contributed by atoms with Gasteiger partial charge < -0.3 is 11.5 Å². The highest BCUT2D eigenvalue weighted by molar-refractivity contribution is 5.26. The molecular weight excluding hydrogens is 215 g/mol. The fourth-order valence-electron chi connectivity index (χ4n) is 2.17. The third kappa shape index (κ3) is 3.79. The molecule has 0 amide bonds. The van der Waals surface area contributed by atoms with Crippen LogP contribution in [0.1, 0.15) is 36.8 Å². The molecule has 0 radical (unpaired) electrons. The maximum atomic E-state index is 13.9. The fourth-order valence-corrected chi connectivity index (χ4v) is 2.17. The summed E-state index contributed by atoms with van der Waals surface area (Å²) in [5, 5.41) is 0. The van der Waals surface area contributed by atoms with Crippen molar-refractivity contribution in [2.45, 2.75) is 32.6 Å². The minimum Gasteiger partial charge on any atom is -0.330 e. The van der Waals surface area contributed by atoms with E-state index >= 15 is 0 Å². The molecule has 2 nitrogen and oxygen atoms in total. The molecular formula is C14H23FN2. The highest BCUT2D eigenvalue weighted by Gasteiger charge is 2.18. The van der Waals surface area contributed by atoms with Gasteiger partial charge in [-0.2, -0.15) is 0 Å². The number of nitrogens with two attached hydrogens (primary N) is 2. The monoisotopic (exact) mass is 238 g/mol. The minimum absolute atomic E-state index is 0.107. The Bertz CT molecular complexity index is 348. The zero-order chi connectivity index (χ0) is 12.8. The van der Waals surface area contributed by atoms with E-state index in [2.05, 4.69) is 6.92 Å². The average molecular weight is 238 g/mol. The Hall–Kier alpha value is -0.930. The summed E-state index contributed by atoms with van der Waals surface area (Å²) in [5.41, 5.74) is 13.1. The molecule has 1 aromatic rings. The van der Waals surface area contributed by atoms with Crippen LogP contribution >= 0.6 is 0 Å². The molecule has 0 aromatic heterocycles. The molecule has 1 aromatic carbocycles. The third-order valence-corrected chi connectivity index (χ3v) is 3.37. The molecule has 96 valence electrons. The van der Waals surface area contributed by atoms with Crippen LogP contribution in [0, 0.1) is 18.7 Å². The molecule has 17 heavy (non-hydrogen) atoms. The molecule has 1 atom stereocenters. The molecule has 0 spiro atoms. The predicted octanol–water partition coefficient (Wildman–Crippen LogP) is 2.55. The van der Waals surface area contributed by atoms with E-state index in [1.54, 1.807) is 6.07 Å². The summed E-state index contributed by atoms with van der Waals surface area (Å²) in [4.78, 5) is 0. The van der Waals surface area contributed by atoms with Crippen molar-refractivity contribution in [1.29, 1.82) is 0 Å². The molecule has 0 saturated carbocycles. The van der Waals surface area contributed by atoms with Crippen molar-refractivity contribution in [1.82, 2.24) is 0 Å². The molecule has 0 heterocycles. The lowest BCUT2D eigenvalue weighted by Gasteiger charge is -2.21. The van der Waals surface area contributed by atoms with Gasteiger partial charge in [0.15, 0.2) is 0 Å². The van der Waals surface area contributed by atoms with E-state index < -0.39 is 0 Å². The van der Waals surface area contributed by atoms with Crippen LogP contribution in [0.4, 0.5) is 4.39 Å². The quantitative estimate of drug-likeness (QED) is 0.800. The zero-order valence-corrected chi connectivity index (χ0v) is 10.7. The normalized spacial score (nSPS) is 13.1. The van der Waals surface area contributed by atoms with Crippen LogP contribution in [-0.2, 0) is 0 Å². The van der Waals surface area contributed by atoms with Crippen molar-refractivity contribution in [3.05, 3.63) is 35.1 Å². The molecule has 1 rings (SSSR count). The SMILES string of the molecule is CCC(CC(CN)CN)c1ccc(C)cc1F. The van der Waals surface area contributed by atoms with Gasteiger partial charge in [-0.1, -0.05) is 19.1 Å². The second kappa shape index (κ2) is 6.72. The summed E-state index contributed by atoms with van der Waals surface area (Å²) in [6.45, 7) is 5.12. The summed E-state index contributed by atoms with van der Waals surface area (Å²) in [6, 6.07) is 5.45. The van der Waals surface area contributed by atoms with Crippen molar-refractivity contribution < 1.29 is 4.39 Å². The molecule has 0 aliphatic rings. The number of hydrogen-bond acceptors (Lipinski definition) is 2. The molecule has 0 saturated heterocycles.